The number of carbonyl (C=O) groups is 3. The number of ether oxygens (including phenoxy) is 2. The Bertz CT molecular complexity index is 2240. The zero-order valence-corrected chi connectivity index (χ0v) is 31.4. The second kappa shape index (κ2) is 18.0. The van der Waals surface area contributed by atoms with Gasteiger partial charge in [-0.3, -0.25) is 14.4 Å². The summed E-state index contributed by atoms with van der Waals surface area (Å²) in [4.78, 5) is 38.9. The fourth-order valence-electron chi connectivity index (χ4n) is 6.97. The van der Waals surface area contributed by atoms with E-state index >= 15 is 4.39 Å². The molecule has 4 aromatic carbocycles. The summed E-state index contributed by atoms with van der Waals surface area (Å²) in [6, 6.07) is 7.82. The number of amides is 2. The topological polar surface area (TPSA) is 93.7 Å². The molecule has 1 aliphatic carbocycles. The van der Waals surface area contributed by atoms with Gasteiger partial charge in [-0.25, -0.2) is 13.2 Å². The molecule has 2 amide bonds. The van der Waals surface area contributed by atoms with Crippen molar-refractivity contribution in [3.05, 3.63) is 135 Å². The van der Waals surface area contributed by atoms with E-state index in [0.717, 1.165) is 0 Å². The van der Waals surface area contributed by atoms with Crippen LogP contribution in [-0.4, -0.2) is 44.0 Å². The molecule has 1 saturated carbocycles. The average Bonchev–Trinajstić information content (AvgIpc) is 3.18. The van der Waals surface area contributed by atoms with Crippen LogP contribution in [0.1, 0.15) is 74.2 Å². The van der Waals surface area contributed by atoms with Crippen molar-refractivity contribution in [1.82, 2.24) is 10.6 Å². The van der Waals surface area contributed by atoms with E-state index in [-0.39, 0.29) is 65.8 Å². The van der Waals surface area contributed by atoms with Crippen molar-refractivity contribution < 1.29 is 80.9 Å². The number of halogens is 13. The lowest BCUT2D eigenvalue weighted by Gasteiger charge is -2.37. The molecular formula is C41H33F13N2O5. The summed E-state index contributed by atoms with van der Waals surface area (Å²) in [7, 11) is 1.28. The van der Waals surface area contributed by atoms with Crippen molar-refractivity contribution in [2.24, 2.45) is 11.8 Å². The van der Waals surface area contributed by atoms with E-state index in [1.54, 1.807) is 0 Å². The Kier molecular flexibility index (Phi) is 13.7. The van der Waals surface area contributed by atoms with E-state index in [0.29, 0.717) is 49.9 Å². The van der Waals surface area contributed by atoms with Crippen LogP contribution in [0.2, 0.25) is 0 Å². The van der Waals surface area contributed by atoms with E-state index in [1.165, 1.54) is 31.4 Å². The Balaban J connectivity index is 1.62. The molecule has 4 aromatic rings. The van der Waals surface area contributed by atoms with Crippen LogP contribution in [0, 0.1) is 29.3 Å². The SMILES string of the molecule is COC(=O)[C@H]1CC[C@H](CNC(=O)c2ccc(C[C@](NC(=O)c3ccc(F)c(C(F)(F)F)c3)(c3cc(F)cc(OC(F)(F)C(F)F)c3)c3ccc(F)c(C(F)(F)F)c3)cc2)CC1. The monoisotopic (exact) mass is 880 g/mol. The maximum Gasteiger partial charge on any atom is 0.461 e. The molecular weight excluding hydrogens is 847 g/mol. The van der Waals surface area contributed by atoms with Crippen LogP contribution >= 0.6 is 0 Å². The summed E-state index contributed by atoms with van der Waals surface area (Å²) in [5.74, 6) is -9.40. The highest BCUT2D eigenvalue weighted by Gasteiger charge is 2.46. The molecule has 0 bridgehead atoms. The van der Waals surface area contributed by atoms with Crippen LogP contribution in [0.3, 0.4) is 0 Å². The zero-order chi connectivity index (χ0) is 45.1. The highest BCUT2D eigenvalue weighted by atomic mass is 19.4. The van der Waals surface area contributed by atoms with Crippen molar-refractivity contribution in [2.45, 2.75) is 62.5 Å². The minimum atomic E-state index is -5.46. The van der Waals surface area contributed by atoms with Gasteiger partial charge in [0.2, 0.25) is 0 Å². The molecule has 1 atom stereocenters. The van der Waals surface area contributed by atoms with E-state index in [4.69, 9.17) is 4.74 Å². The predicted octanol–water partition coefficient (Wildman–Crippen LogP) is 10.0. The smallest absolute Gasteiger partial charge is 0.461 e. The van der Waals surface area contributed by atoms with E-state index in [2.05, 4.69) is 15.4 Å². The van der Waals surface area contributed by atoms with Gasteiger partial charge in [0.1, 0.15) is 23.2 Å². The van der Waals surface area contributed by atoms with E-state index in [9.17, 15) is 67.1 Å². The molecule has 0 saturated heterocycles. The van der Waals surface area contributed by atoms with Crippen LogP contribution in [0.5, 0.6) is 5.75 Å². The van der Waals surface area contributed by atoms with Gasteiger partial charge in [-0.1, -0.05) is 18.2 Å². The highest BCUT2D eigenvalue weighted by molar-refractivity contribution is 5.96. The molecule has 0 heterocycles. The molecule has 0 spiro atoms. The normalized spacial score (nSPS) is 17.0. The van der Waals surface area contributed by atoms with Gasteiger partial charge < -0.3 is 20.1 Å². The second-order valence-corrected chi connectivity index (χ2v) is 14.2. The molecule has 1 fully saturated rings. The number of alkyl halides is 10. The molecule has 0 aliphatic heterocycles. The Morgan fingerprint density at radius 2 is 1.26 bits per heavy atom. The van der Waals surface area contributed by atoms with Gasteiger partial charge in [0.15, 0.2) is 0 Å². The first-order valence-corrected chi connectivity index (χ1v) is 18.1. The number of hydrogen-bond donors (Lipinski definition) is 2. The lowest BCUT2D eigenvalue weighted by molar-refractivity contribution is -0.253. The van der Waals surface area contributed by atoms with Crippen LogP contribution in [0.4, 0.5) is 57.1 Å². The highest BCUT2D eigenvalue weighted by Crippen LogP contribution is 2.42. The quantitative estimate of drug-likeness (QED) is 0.103. The van der Waals surface area contributed by atoms with E-state index < -0.39 is 99.7 Å². The summed E-state index contributed by atoms with van der Waals surface area (Å²) < 4.78 is 191. The Hall–Kier alpha value is -5.82. The van der Waals surface area contributed by atoms with Crippen molar-refractivity contribution in [1.29, 1.82) is 0 Å². The zero-order valence-electron chi connectivity index (χ0n) is 31.4. The minimum absolute atomic E-state index is 0.0137. The van der Waals surface area contributed by atoms with Gasteiger partial charge in [0.25, 0.3) is 11.8 Å². The van der Waals surface area contributed by atoms with Gasteiger partial charge in [-0.05, 0) is 103 Å². The summed E-state index contributed by atoms with van der Waals surface area (Å²) in [5.41, 5.74) is -9.33. The van der Waals surface area contributed by atoms with Crippen LogP contribution in [0.15, 0.2) is 78.9 Å². The molecule has 328 valence electrons. The van der Waals surface area contributed by atoms with Crippen LogP contribution < -0.4 is 15.4 Å². The summed E-state index contributed by atoms with van der Waals surface area (Å²) >= 11 is 0. The molecule has 61 heavy (non-hydrogen) atoms. The standard InChI is InChI=1S/C41H33F13N2O5/c1-60-36(59)24-8-4-22(5-9-24)20-55-34(57)23-6-2-21(3-7-23)19-38(26-11-13-33(44)31(17-26)40(50,51)52,27-15-28(42)18-29(16-27)61-41(53,54)37(45)46)56-35(58)25-10-12-32(43)30(14-25)39(47,48)49/h2-3,6-7,10-18,22,24,37H,4-5,8-9,19-20H2,1H3,(H,55,57)(H,56,58)/t22-,24-,38-/m1/s1. The average molecular weight is 881 g/mol. The Labute approximate surface area is 338 Å². The Morgan fingerprint density at radius 1 is 0.689 bits per heavy atom. The third-order valence-corrected chi connectivity index (χ3v) is 10.1. The first-order valence-electron chi connectivity index (χ1n) is 18.1. The van der Waals surface area contributed by atoms with Crippen molar-refractivity contribution in [2.75, 3.05) is 13.7 Å². The summed E-state index contributed by atoms with van der Waals surface area (Å²) in [6.07, 6.45) is -19.2. The van der Waals surface area contributed by atoms with E-state index in [1.807, 2.05) is 0 Å². The van der Waals surface area contributed by atoms with Crippen LogP contribution in [-0.2, 0) is 33.8 Å². The predicted molar refractivity (Wildman–Crippen MR) is 189 cm³/mol. The van der Waals surface area contributed by atoms with Crippen molar-refractivity contribution in [3.8, 4) is 5.75 Å². The molecule has 1 aliphatic rings. The van der Waals surface area contributed by atoms with Gasteiger partial charge in [0.05, 0.1) is 29.7 Å². The van der Waals surface area contributed by atoms with Gasteiger partial charge in [-0.2, -0.15) is 43.9 Å². The largest absolute Gasteiger partial charge is 0.469 e. The van der Waals surface area contributed by atoms with Crippen molar-refractivity contribution >= 4 is 17.8 Å². The molecule has 20 heteroatoms. The van der Waals surface area contributed by atoms with Gasteiger partial charge in [0, 0.05) is 30.2 Å². The first kappa shape index (κ1) is 46.2. The number of nitrogens with one attached hydrogen (secondary N) is 2. The number of benzene rings is 4. The Morgan fingerprint density at radius 3 is 1.84 bits per heavy atom. The maximum absolute atomic E-state index is 15.3. The number of hydrogen-bond acceptors (Lipinski definition) is 5. The third-order valence-electron chi connectivity index (χ3n) is 10.1. The first-order chi connectivity index (χ1) is 28.4. The van der Waals surface area contributed by atoms with Gasteiger partial charge in [-0.15, -0.1) is 0 Å². The summed E-state index contributed by atoms with van der Waals surface area (Å²) in [5, 5.41) is 4.93. The maximum atomic E-state index is 15.3. The number of carbonyl (C=O) groups excluding carboxylic acids is 3. The van der Waals surface area contributed by atoms with Crippen molar-refractivity contribution in [3.63, 3.8) is 0 Å². The van der Waals surface area contributed by atoms with Gasteiger partial charge >= 0.3 is 30.9 Å². The third kappa shape index (κ3) is 10.9. The molecule has 7 nitrogen and oxygen atoms in total. The molecule has 0 aromatic heterocycles. The molecule has 0 unspecified atom stereocenters. The fraction of sp³-hybridized carbons (Fsp3) is 0.341. The number of methoxy groups -OCH3 is 1. The number of rotatable bonds is 13. The minimum Gasteiger partial charge on any atom is -0.469 e. The number of esters is 1. The molecule has 0 radical (unpaired) electrons. The fourth-order valence-corrected chi connectivity index (χ4v) is 6.97. The molecule has 5 rings (SSSR count). The lowest BCUT2D eigenvalue weighted by atomic mass is 9.76. The lowest BCUT2D eigenvalue weighted by Crippen LogP contribution is -2.49. The second-order valence-electron chi connectivity index (χ2n) is 14.2. The molecule has 2 N–H and O–H groups in total. The van der Waals surface area contributed by atoms with Crippen LogP contribution in [0.25, 0.3) is 0 Å². The summed E-state index contributed by atoms with van der Waals surface area (Å²) in [6.45, 7) is 0.212.